The molecule has 1 aliphatic heterocycles. The van der Waals surface area contributed by atoms with E-state index in [0.717, 1.165) is 35.8 Å². The molecular weight excluding hydrogens is 540 g/mol. The summed E-state index contributed by atoms with van der Waals surface area (Å²) in [5, 5.41) is 5.14. The molecule has 0 atom stereocenters. The summed E-state index contributed by atoms with van der Waals surface area (Å²) in [7, 11) is 0. The summed E-state index contributed by atoms with van der Waals surface area (Å²) in [6.45, 7) is 10.2. The van der Waals surface area contributed by atoms with E-state index in [0.29, 0.717) is 12.4 Å². The van der Waals surface area contributed by atoms with Crippen molar-refractivity contribution in [3.05, 3.63) is 65.2 Å². The molecule has 6 heteroatoms. The first-order chi connectivity index (χ1) is 20.4. The summed E-state index contributed by atoms with van der Waals surface area (Å²) < 4.78 is 12.3. The van der Waals surface area contributed by atoms with Crippen LogP contribution >= 0.6 is 11.8 Å². The van der Waals surface area contributed by atoms with Gasteiger partial charge in [-0.15, -0.1) is 11.8 Å². The van der Waals surface area contributed by atoms with Gasteiger partial charge in [0.05, 0.1) is 12.5 Å². The Labute approximate surface area is 259 Å². The zero-order chi connectivity index (χ0) is 30.0. The Balaban J connectivity index is 1.43. The first-order valence-electron chi connectivity index (χ1n) is 16.2. The number of hydrogen-bond acceptors (Lipinski definition) is 5. The average molecular weight is 595 g/mol. The van der Waals surface area contributed by atoms with Crippen LogP contribution in [0.2, 0.25) is 0 Å². The third kappa shape index (κ3) is 12.7. The molecule has 0 aliphatic carbocycles. The van der Waals surface area contributed by atoms with E-state index in [-0.39, 0.29) is 17.9 Å². The minimum atomic E-state index is -0.180. The van der Waals surface area contributed by atoms with Crippen molar-refractivity contribution in [3.8, 4) is 11.5 Å². The lowest BCUT2D eigenvalue weighted by molar-refractivity contribution is -0.118. The largest absolute Gasteiger partial charge is 0.490 e. The molecule has 1 aliphatic rings. The number of nitrogens with one attached hydrogen (secondary N) is 1. The van der Waals surface area contributed by atoms with Crippen molar-refractivity contribution >= 4 is 23.4 Å². The molecular formula is C36H54N2O3S. The number of para-hydroxylation sites is 1. The lowest BCUT2D eigenvalue weighted by atomic mass is 9.87. The Bertz CT molecular complexity index is 1100. The summed E-state index contributed by atoms with van der Waals surface area (Å²) in [6.07, 6.45) is 17.9. The number of ether oxygens (including phenoxy) is 2. The number of hydrogen-bond donors (Lipinski definition) is 1. The van der Waals surface area contributed by atoms with Gasteiger partial charge < -0.3 is 19.7 Å². The molecule has 0 saturated carbocycles. The Hall–Kier alpha value is -2.60. The molecule has 0 unspecified atom stereocenters. The van der Waals surface area contributed by atoms with E-state index in [1.807, 2.05) is 24.3 Å². The number of anilines is 1. The van der Waals surface area contributed by atoms with Crippen molar-refractivity contribution in [2.24, 2.45) is 0 Å². The fraction of sp³-hybridized carbons (Fsp3) is 0.583. The first kappa shape index (κ1) is 33.9. The number of carbonyl (C=O) groups is 1. The van der Waals surface area contributed by atoms with Crippen LogP contribution in [-0.2, 0) is 16.8 Å². The summed E-state index contributed by atoms with van der Waals surface area (Å²) >= 11 is 1.77. The van der Waals surface area contributed by atoms with Crippen LogP contribution < -0.4 is 14.8 Å². The Kier molecular flexibility index (Phi) is 15.2. The molecule has 1 N–H and O–H groups in total. The smallest absolute Gasteiger partial charge is 0.262 e. The molecule has 0 spiro atoms. The highest BCUT2D eigenvalue weighted by Crippen LogP contribution is 2.34. The number of carbonyl (C=O) groups excluding carboxylic acids is 1. The number of benzene rings is 2. The number of unbranched alkanes of at least 4 members (excludes halogenated alkanes) is 11. The van der Waals surface area contributed by atoms with Crippen molar-refractivity contribution in [1.29, 1.82) is 0 Å². The van der Waals surface area contributed by atoms with Gasteiger partial charge >= 0.3 is 0 Å². The van der Waals surface area contributed by atoms with Crippen LogP contribution in [0.4, 0.5) is 5.69 Å². The van der Waals surface area contributed by atoms with Gasteiger partial charge in [-0.05, 0) is 46.6 Å². The van der Waals surface area contributed by atoms with Gasteiger partial charge in [0, 0.05) is 18.4 Å². The number of nitrogens with zero attached hydrogens (tertiary/aromatic N) is 1. The van der Waals surface area contributed by atoms with Crippen molar-refractivity contribution in [3.63, 3.8) is 0 Å². The van der Waals surface area contributed by atoms with E-state index in [9.17, 15) is 4.79 Å². The van der Waals surface area contributed by atoms with E-state index >= 15 is 0 Å². The van der Waals surface area contributed by atoms with Gasteiger partial charge in [-0.1, -0.05) is 123 Å². The lowest BCUT2D eigenvalue weighted by Crippen LogP contribution is -2.22. The molecule has 1 amide bonds. The quantitative estimate of drug-likeness (QED) is 0.155. The predicted molar refractivity (Wildman–Crippen MR) is 179 cm³/mol. The SMILES string of the molecule is CCCCCCCCCCCCCCOc1cc(C(C)(C)C)ccc1OCC(=O)Nc1ccccc1CN1C=CSC1. The Morgan fingerprint density at radius 3 is 2.17 bits per heavy atom. The van der Waals surface area contributed by atoms with Gasteiger partial charge in [-0.3, -0.25) is 4.79 Å². The predicted octanol–water partition coefficient (Wildman–Crippen LogP) is 10.1. The highest BCUT2D eigenvalue weighted by Gasteiger charge is 2.18. The molecule has 0 fully saturated rings. The van der Waals surface area contributed by atoms with Crippen molar-refractivity contribution in [1.82, 2.24) is 4.90 Å². The molecule has 2 aromatic rings. The minimum absolute atomic E-state index is 0.00321. The second-order valence-electron chi connectivity index (χ2n) is 12.5. The molecule has 0 saturated heterocycles. The zero-order valence-corrected chi connectivity index (χ0v) is 27.4. The highest BCUT2D eigenvalue weighted by atomic mass is 32.2. The van der Waals surface area contributed by atoms with Crippen LogP contribution in [-0.4, -0.2) is 29.9 Å². The third-order valence-corrected chi connectivity index (χ3v) is 8.49. The van der Waals surface area contributed by atoms with Crippen molar-refractivity contribution in [2.75, 3.05) is 24.4 Å². The van der Waals surface area contributed by atoms with E-state index < -0.39 is 0 Å². The molecule has 0 radical (unpaired) electrons. The minimum Gasteiger partial charge on any atom is -0.490 e. The van der Waals surface area contributed by atoms with Crippen molar-refractivity contribution in [2.45, 2.75) is 117 Å². The maximum Gasteiger partial charge on any atom is 0.262 e. The number of thioether (sulfide) groups is 1. The lowest BCUT2D eigenvalue weighted by Gasteiger charge is -2.22. The fourth-order valence-corrected chi connectivity index (χ4v) is 5.78. The standard InChI is InChI=1S/C36H54N2O3S/c1-5-6-7-8-9-10-11-12-13-14-15-18-24-40-34-26-31(36(2,3)4)21-22-33(34)41-28-35(39)37-32-20-17-16-19-30(32)27-38-23-25-42-29-38/h16-17,19-23,25-26H,5-15,18,24,27-29H2,1-4H3,(H,37,39). The number of rotatable bonds is 20. The van der Waals surface area contributed by atoms with Crippen LogP contribution in [0.1, 0.15) is 116 Å². The summed E-state index contributed by atoms with van der Waals surface area (Å²) in [6, 6.07) is 14.0. The van der Waals surface area contributed by atoms with Crippen LogP contribution in [0, 0.1) is 0 Å². The normalized spacial score (nSPS) is 13.0. The van der Waals surface area contributed by atoms with Gasteiger partial charge in [-0.2, -0.15) is 0 Å². The Morgan fingerprint density at radius 2 is 1.52 bits per heavy atom. The van der Waals surface area contributed by atoms with E-state index in [4.69, 9.17) is 9.47 Å². The van der Waals surface area contributed by atoms with Crippen LogP contribution in [0.3, 0.4) is 0 Å². The molecule has 0 bridgehead atoms. The van der Waals surface area contributed by atoms with Gasteiger partial charge in [0.25, 0.3) is 5.91 Å². The zero-order valence-electron chi connectivity index (χ0n) is 26.6. The monoisotopic (exact) mass is 594 g/mol. The maximum atomic E-state index is 12.9. The van der Waals surface area contributed by atoms with Gasteiger partial charge in [0.2, 0.25) is 0 Å². The van der Waals surface area contributed by atoms with Crippen LogP contribution in [0.5, 0.6) is 11.5 Å². The third-order valence-electron chi connectivity index (χ3n) is 7.70. The van der Waals surface area contributed by atoms with E-state index in [2.05, 4.69) is 67.7 Å². The first-order valence-corrected chi connectivity index (χ1v) is 17.2. The second kappa shape index (κ2) is 18.8. The molecule has 42 heavy (non-hydrogen) atoms. The van der Waals surface area contributed by atoms with Gasteiger partial charge in [-0.25, -0.2) is 0 Å². The second-order valence-corrected chi connectivity index (χ2v) is 13.3. The molecule has 1 heterocycles. The van der Waals surface area contributed by atoms with E-state index in [1.165, 1.54) is 76.2 Å². The average Bonchev–Trinajstić information content (AvgIpc) is 3.48. The van der Waals surface area contributed by atoms with Crippen LogP contribution in [0.15, 0.2) is 54.1 Å². The Morgan fingerprint density at radius 1 is 0.857 bits per heavy atom. The summed E-state index contributed by atoms with van der Waals surface area (Å²) in [5.41, 5.74) is 3.09. The van der Waals surface area contributed by atoms with Crippen molar-refractivity contribution < 1.29 is 14.3 Å². The maximum absolute atomic E-state index is 12.9. The fourth-order valence-electron chi connectivity index (χ4n) is 5.07. The van der Waals surface area contributed by atoms with Gasteiger partial charge in [0.1, 0.15) is 0 Å². The molecule has 5 nitrogen and oxygen atoms in total. The van der Waals surface area contributed by atoms with Gasteiger partial charge in [0.15, 0.2) is 18.1 Å². The molecule has 2 aromatic carbocycles. The number of amides is 1. The van der Waals surface area contributed by atoms with E-state index in [1.54, 1.807) is 11.8 Å². The highest BCUT2D eigenvalue weighted by molar-refractivity contribution is 8.02. The van der Waals surface area contributed by atoms with Crippen LogP contribution in [0.25, 0.3) is 0 Å². The molecule has 3 rings (SSSR count). The molecule has 232 valence electrons. The molecule has 0 aromatic heterocycles. The summed E-state index contributed by atoms with van der Waals surface area (Å²) in [4.78, 5) is 15.1. The topological polar surface area (TPSA) is 50.8 Å². The summed E-state index contributed by atoms with van der Waals surface area (Å²) in [5.74, 6) is 2.08.